The van der Waals surface area contributed by atoms with Gasteiger partial charge in [-0.15, -0.1) is 0 Å². The number of hydrogen-bond donors (Lipinski definition) is 1. The average molecular weight is 243 g/mol. The standard InChI is InChI=1S/C14H17N3O/c1-2-4-12(5-3-1)8-13-9-15-6-7-17(13)14-10-18-11-16-14/h1-5,10-11,13,15H,6-9H2/t13-/m0/s1. The van der Waals surface area contributed by atoms with Crippen LogP contribution >= 0.6 is 0 Å². The smallest absolute Gasteiger partial charge is 0.182 e. The van der Waals surface area contributed by atoms with Crippen molar-refractivity contribution in [3.05, 3.63) is 48.6 Å². The molecule has 0 radical (unpaired) electrons. The van der Waals surface area contributed by atoms with Gasteiger partial charge in [0.15, 0.2) is 12.2 Å². The maximum absolute atomic E-state index is 5.09. The van der Waals surface area contributed by atoms with Gasteiger partial charge in [0.05, 0.1) is 0 Å². The molecule has 2 heterocycles. The van der Waals surface area contributed by atoms with Crippen molar-refractivity contribution < 1.29 is 4.42 Å². The number of piperazine rings is 1. The second kappa shape index (κ2) is 5.23. The first kappa shape index (κ1) is 11.3. The molecule has 0 unspecified atom stereocenters. The molecule has 1 N–H and O–H groups in total. The van der Waals surface area contributed by atoms with Crippen LogP contribution in [0.25, 0.3) is 0 Å². The maximum atomic E-state index is 5.09. The largest absolute Gasteiger partial charge is 0.449 e. The van der Waals surface area contributed by atoms with E-state index in [9.17, 15) is 0 Å². The topological polar surface area (TPSA) is 41.3 Å². The first-order valence-corrected chi connectivity index (χ1v) is 6.33. The molecule has 1 aromatic carbocycles. The Morgan fingerprint density at radius 3 is 3.00 bits per heavy atom. The monoisotopic (exact) mass is 243 g/mol. The van der Waals surface area contributed by atoms with Gasteiger partial charge < -0.3 is 14.6 Å². The molecule has 18 heavy (non-hydrogen) atoms. The molecular formula is C14H17N3O. The fourth-order valence-electron chi connectivity index (χ4n) is 2.48. The highest BCUT2D eigenvalue weighted by Gasteiger charge is 2.24. The third-order valence-electron chi connectivity index (χ3n) is 3.38. The van der Waals surface area contributed by atoms with Crippen molar-refractivity contribution in [3.63, 3.8) is 0 Å². The summed E-state index contributed by atoms with van der Waals surface area (Å²) >= 11 is 0. The minimum atomic E-state index is 0.436. The lowest BCUT2D eigenvalue weighted by molar-refractivity contribution is 0.469. The maximum Gasteiger partial charge on any atom is 0.182 e. The summed E-state index contributed by atoms with van der Waals surface area (Å²) in [6, 6.07) is 11.0. The van der Waals surface area contributed by atoms with E-state index in [-0.39, 0.29) is 0 Å². The van der Waals surface area contributed by atoms with E-state index >= 15 is 0 Å². The molecule has 0 spiro atoms. The molecular weight excluding hydrogens is 226 g/mol. The Labute approximate surface area is 107 Å². The van der Waals surface area contributed by atoms with Gasteiger partial charge in [-0.25, -0.2) is 0 Å². The van der Waals surface area contributed by atoms with Crippen LogP contribution in [-0.4, -0.2) is 30.7 Å². The lowest BCUT2D eigenvalue weighted by Gasteiger charge is -2.36. The van der Waals surface area contributed by atoms with Crippen molar-refractivity contribution in [2.24, 2.45) is 0 Å². The predicted molar refractivity (Wildman–Crippen MR) is 70.7 cm³/mol. The van der Waals surface area contributed by atoms with Crippen molar-refractivity contribution in [1.82, 2.24) is 10.3 Å². The Morgan fingerprint density at radius 1 is 1.33 bits per heavy atom. The Balaban J connectivity index is 1.76. The molecule has 4 nitrogen and oxygen atoms in total. The molecule has 0 amide bonds. The van der Waals surface area contributed by atoms with Gasteiger partial charge >= 0.3 is 0 Å². The first-order chi connectivity index (χ1) is 8.93. The summed E-state index contributed by atoms with van der Waals surface area (Å²) in [5.41, 5.74) is 1.36. The van der Waals surface area contributed by atoms with Crippen LogP contribution in [-0.2, 0) is 6.42 Å². The van der Waals surface area contributed by atoms with Crippen LogP contribution in [0, 0.1) is 0 Å². The average Bonchev–Trinajstić information content (AvgIpc) is 2.94. The van der Waals surface area contributed by atoms with E-state index in [4.69, 9.17) is 4.42 Å². The molecule has 1 fully saturated rings. The molecule has 0 bridgehead atoms. The molecule has 1 aliphatic rings. The number of hydrogen-bond acceptors (Lipinski definition) is 4. The van der Waals surface area contributed by atoms with Gasteiger partial charge in [-0.05, 0) is 12.0 Å². The minimum absolute atomic E-state index is 0.436. The highest BCUT2D eigenvalue weighted by molar-refractivity contribution is 5.38. The first-order valence-electron chi connectivity index (χ1n) is 6.33. The second-order valence-corrected chi connectivity index (χ2v) is 4.59. The third kappa shape index (κ3) is 2.38. The van der Waals surface area contributed by atoms with Crippen molar-refractivity contribution in [1.29, 1.82) is 0 Å². The summed E-state index contributed by atoms with van der Waals surface area (Å²) in [6.07, 6.45) is 4.25. The Morgan fingerprint density at radius 2 is 2.22 bits per heavy atom. The van der Waals surface area contributed by atoms with Crippen molar-refractivity contribution in [3.8, 4) is 0 Å². The summed E-state index contributed by atoms with van der Waals surface area (Å²) in [7, 11) is 0. The van der Waals surface area contributed by atoms with E-state index in [0.29, 0.717) is 6.04 Å². The molecule has 1 saturated heterocycles. The van der Waals surface area contributed by atoms with Crippen LogP contribution in [0.5, 0.6) is 0 Å². The van der Waals surface area contributed by atoms with Gasteiger partial charge in [-0.3, -0.25) is 0 Å². The van der Waals surface area contributed by atoms with Gasteiger partial charge in [0.25, 0.3) is 0 Å². The number of benzene rings is 1. The van der Waals surface area contributed by atoms with E-state index in [2.05, 4.69) is 45.5 Å². The second-order valence-electron chi connectivity index (χ2n) is 4.59. The van der Waals surface area contributed by atoms with Gasteiger partial charge in [0, 0.05) is 25.7 Å². The third-order valence-corrected chi connectivity index (χ3v) is 3.38. The number of nitrogens with zero attached hydrogens (tertiary/aromatic N) is 2. The molecule has 4 heteroatoms. The van der Waals surface area contributed by atoms with Crippen molar-refractivity contribution >= 4 is 5.82 Å². The van der Waals surface area contributed by atoms with E-state index in [1.165, 1.54) is 12.0 Å². The SMILES string of the molecule is c1ccc(C[C@H]2CNCCN2c2cocn2)cc1. The van der Waals surface area contributed by atoms with Gasteiger partial charge in [0.2, 0.25) is 0 Å². The van der Waals surface area contributed by atoms with E-state index < -0.39 is 0 Å². The number of rotatable bonds is 3. The summed E-state index contributed by atoms with van der Waals surface area (Å²) in [5, 5.41) is 3.45. The summed E-state index contributed by atoms with van der Waals surface area (Å²) in [5.74, 6) is 0.942. The molecule has 0 saturated carbocycles. The molecule has 94 valence electrons. The van der Waals surface area contributed by atoms with Crippen LogP contribution < -0.4 is 10.2 Å². The zero-order valence-corrected chi connectivity index (χ0v) is 10.2. The molecule has 0 aliphatic carbocycles. The molecule has 3 rings (SSSR count). The Hall–Kier alpha value is -1.81. The number of anilines is 1. The molecule has 1 atom stereocenters. The zero-order valence-electron chi connectivity index (χ0n) is 10.2. The van der Waals surface area contributed by atoms with Crippen LogP contribution in [0.3, 0.4) is 0 Å². The van der Waals surface area contributed by atoms with Crippen LogP contribution in [0.1, 0.15) is 5.56 Å². The highest BCUT2D eigenvalue weighted by atomic mass is 16.3. The zero-order chi connectivity index (χ0) is 12.2. The summed E-state index contributed by atoms with van der Waals surface area (Å²) in [4.78, 5) is 6.59. The van der Waals surface area contributed by atoms with Crippen molar-refractivity contribution in [2.75, 3.05) is 24.5 Å². The normalized spacial score (nSPS) is 20.0. The van der Waals surface area contributed by atoms with E-state index in [1.54, 1.807) is 6.26 Å². The number of oxazole rings is 1. The van der Waals surface area contributed by atoms with Gasteiger partial charge in [0.1, 0.15) is 6.26 Å². The minimum Gasteiger partial charge on any atom is -0.449 e. The lowest BCUT2D eigenvalue weighted by atomic mass is 10.0. The lowest BCUT2D eigenvalue weighted by Crippen LogP contribution is -2.52. The molecule has 2 aromatic rings. The van der Waals surface area contributed by atoms with E-state index in [0.717, 1.165) is 31.9 Å². The Kier molecular flexibility index (Phi) is 3.28. The Bertz CT molecular complexity index is 469. The van der Waals surface area contributed by atoms with Crippen LogP contribution in [0.15, 0.2) is 47.4 Å². The van der Waals surface area contributed by atoms with E-state index in [1.807, 2.05) is 0 Å². The highest BCUT2D eigenvalue weighted by Crippen LogP contribution is 2.18. The van der Waals surface area contributed by atoms with Crippen LogP contribution in [0.4, 0.5) is 5.82 Å². The quantitative estimate of drug-likeness (QED) is 0.890. The summed E-state index contributed by atoms with van der Waals surface area (Å²) in [6.45, 7) is 2.96. The molecule has 1 aliphatic heterocycles. The fraction of sp³-hybridized carbons (Fsp3) is 0.357. The molecule has 1 aromatic heterocycles. The number of aromatic nitrogens is 1. The number of nitrogens with one attached hydrogen (secondary N) is 1. The van der Waals surface area contributed by atoms with Gasteiger partial charge in [-0.2, -0.15) is 4.98 Å². The fourth-order valence-corrected chi connectivity index (χ4v) is 2.48. The van der Waals surface area contributed by atoms with Crippen LogP contribution in [0.2, 0.25) is 0 Å². The van der Waals surface area contributed by atoms with Crippen molar-refractivity contribution in [2.45, 2.75) is 12.5 Å². The summed E-state index contributed by atoms with van der Waals surface area (Å²) < 4.78 is 5.09. The van der Waals surface area contributed by atoms with Gasteiger partial charge in [-0.1, -0.05) is 30.3 Å². The predicted octanol–water partition coefficient (Wildman–Crippen LogP) is 1.70.